The first-order chi connectivity index (χ1) is 10.2. The molecule has 0 radical (unpaired) electrons. The van der Waals surface area contributed by atoms with Crippen LogP contribution in [0.5, 0.6) is 11.5 Å². The minimum absolute atomic E-state index is 0.691. The van der Waals surface area contributed by atoms with Crippen LogP contribution in [0, 0.1) is 0 Å². The Morgan fingerprint density at radius 1 is 1.10 bits per heavy atom. The number of hydrogen-bond acceptors (Lipinski definition) is 2. The zero-order valence-electron chi connectivity index (χ0n) is 12.7. The molecule has 2 aromatic carbocycles. The Hall–Kier alpha value is -1.51. The van der Waals surface area contributed by atoms with Gasteiger partial charge in [0.05, 0.1) is 0 Å². The molecule has 0 aliphatic carbocycles. The largest absolute Gasteiger partial charge is 0.457 e. The van der Waals surface area contributed by atoms with Gasteiger partial charge in [-0.25, -0.2) is 0 Å². The molecular weight excluding hydrogens is 282 g/mol. The Labute approximate surface area is 132 Å². The molecule has 2 rings (SSSR count). The van der Waals surface area contributed by atoms with Gasteiger partial charge in [0.1, 0.15) is 11.5 Å². The summed E-state index contributed by atoms with van der Waals surface area (Å²) in [6.45, 7) is 6.07. The van der Waals surface area contributed by atoms with Crippen molar-refractivity contribution in [3.8, 4) is 11.5 Å². The van der Waals surface area contributed by atoms with Gasteiger partial charge in [-0.2, -0.15) is 0 Å². The monoisotopic (exact) mass is 303 g/mol. The molecule has 2 nitrogen and oxygen atoms in total. The van der Waals surface area contributed by atoms with Crippen LogP contribution in [0.15, 0.2) is 42.5 Å². The average Bonchev–Trinajstić information content (AvgIpc) is 2.50. The maximum atomic E-state index is 6.10. The lowest BCUT2D eigenvalue weighted by atomic mass is 10.1. The fraction of sp³-hybridized carbons (Fsp3) is 0.333. The Morgan fingerprint density at radius 2 is 1.95 bits per heavy atom. The zero-order chi connectivity index (χ0) is 15.1. The van der Waals surface area contributed by atoms with E-state index in [1.807, 2.05) is 30.3 Å². The van der Waals surface area contributed by atoms with Gasteiger partial charge in [-0.05, 0) is 49.2 Å². The smallest absolute Gasteiger partial charge is 0.133 e. The van der Waals surface area contributed by atoms with Gasteiger partial charge < -0.3 is 10.1 Å². The van der Waals surface area contributed by atoms with Crippen LogP contribution >= 0.6 is 11.6 Å². The summed E-state index contributed by atoms with van der Waals surface area (Å²) < 4.78 is 6.04. The molecule has 0 saturated heterocycles. The number of benzene rings is 2. The first-order valence-electron chi connectivity index (χ1n) is 7.49. The van der Waals surface area contributed by atoms with Crippen LogP contribution < -0.4 is 10.1 Å². The summed E-state index contributed by atoms with van der Waals surface area (Å²) in [5.41, 5.74) is 2.38. The van der Waals surface area contributed by atoms with E-state index in [4.69, 9.17) is 16.3 Å². The first kappa shape index (κ1) is 15.9. The third-order valence-corrected chi connectivity index (χ3v) is 3.54. The molecule has 0 fully saturated rings. The van der Waals surface area contributed by atoms with Crippen molar-refractivity contribution < 1.29 is 4.74 Å². The molecular formula is C18H22ClNO. The Kier molecular flexibility index (Phi) is 6.09. The molecule has 1 N–H and O–H groups in total. The van der Waals surface area contributed by atoms with Crippen molar-refractivity contribution in [3.63, 3.8) is 0 Å². The molecule has 0 aromatic heterocycles. The van der Waals surface area contributed by atoms with Gasteiger partial charge in [0, 0.05) is 17.1 Å². The third-order valence-electron chi connectivity index (χ3n) is 3.31. The molecule has 112 valence electrons. The van der Waals surface area contributed by atoms with E-state index in [1.165, 1.54) is 5.56 Å². The van der Waals surface area contributed by atoms with E-state index in [0.717, 1.165) is 43.0 Å². The van der Waals surface area contributed by atoms with Crippen molar-refractivity contribution in [2.75, 3.05) is 6.54 Å². The molecule has 2 aromatic rings. The average molecular weight is 304 g/mol. The molecule has 0 unspecified atom stereocenters. The second kappa shape index (κ2) is 8.06. The van der Waals surface area contributed by atoms with Crippen LogP contribution in [0.2, 0.25) is 5.02 Å². The SMILES string of the molecule is CCCNCc1ccc(Cl)cc1Oc1cccc(CC)c1. The van der Waals surface area contributed by atoms with Crippen molar-refractivity contribution in [1.82, 2.24) is 5.32 Å². The van der Waals surface area contributed by atoms with E-state index >= 15 is 0 Å². The lowest BCUT2D eigenvalue weighted by molar-refractivity contribution is 0.472. The lowest BCUT2D eigenvalue weighted by Gasteiger charge is -2.13. The molecule has 3 heteroatoms. The number of nitrogens with one attached hydrogen (secondary N) is 1. The quantitative estimate of drug-likeness (QED) is 0.710. The molecule has 0 aliphatic heterocycles. The van der Waals surface area contributed by atoms with Crippen molar-refractivity contribution in [3.05, 3.63) is 58.6 Å². The summed E-state index contributed by atoms with van der Waals surface area (Å²) in [7, 11) is 0. The van der Waals surface area contributed by atoms with E-state index in [1.54, 1.807) is 0 Å². The number of halogens is 1. The standard InChI is InChI=1S/C18H22ClNO/c1-3-10-20-13-15-8-9-16(19)12-18(15)21-17-7-5-6-14(4-2)11-17/h5-9,11-12,20H,3-4,10,13H2,1-2H3. The molecule has 0 spiro atoms. The molecule has 0 atom stereocenters. The van der Waals surface area contributed by atoms with Crippen LogP contribution in [0.3, 0.4) is 0 Å². The molecule has 0 bridgehead atoms. The third kappa shape index (κ3) is 4.76. The summed E-state index contributed by atoms with van der Waals surface area (Å²) in [6, 6.07) is 14.0. The number of aryl methyl sites for hydroxylation is 1. The van der Waals surface area contributed by atoms with Gasteiger partial charge in [0.15, 0.2) is 0 Å². The summed E-state index contributed by atoms with van der Waals surface area (Å²) in [4.78, 5) is 0. The molecule has 21 heavy (non-hydrogen) atoms. The normalized spacial score (nSPS) is 10.6. The Bertz CT molecular complexity index is 583. The number of hydrogen-bond donors (Lipinski definition) is 1. The summed E-state index contributed by atoms with van der Waals surface area (Å²) in [5, 5.41) is 4.09. The Morgan fingerprint density at radius 3 is 2.71 bits per heavy atom. The molecule has 0 amide bonds. The van der Waals surface area contributed by atoms with Gasteiger partial charge in [0.2, 0.25) is 0 Å². The minimum atomic E-state index is 0.691. The van der Waals surface area contributed by atoms with E-state index in [9.17, 15) is 0 Å². The maximum absolute atomic E-state index is 6.10. The summed E-state index contributed by atoms with van der Waals surface area (Å²) in [5.74, 6) is 1.67. The van der Waals surface area contributed by atoms with Crippen LogP contribution in [0.1, 0.15) is 31.4 Å². The van der Waals surface area contributed by atoms with Crippen LogP contribution in [-0.2, 0) is 13.0 Å². The predicted octanol–water partition coefficient (Wildman–Crippen LogP) is 5.19. The fourth-order valence-corrected chi connectivity index (χ4v) is 2.29. The Balaban J connectivity index is 2.18. The second-order valence-corrected chi connectivity index (χ2v) is 5.47. The lowest BCUT2D eigenvalue weighted by Crippen LogP contribution is -2.14. The van der Waals surface area contributed by atoms with E-state index in [2.05, 4.69) is 31.3 Å². The van der Waals surface area contributed by atoms with Gasteiger partial charge >= 0.3 is 0 Å². The van der Waals surface area contributed by atoms with Crippen molar-refractivity contribution in [2.45, 2.75) is 33.2 Å². The molecule has 0 saturated carbocycles. The second-order valence-electron chi connectivity index (χ2n) is 5.03. The van der Waals surface area contributed by atoms with Gasteiger partial charge in [-0.1, -0.05) is 43.6 Å². The first-order valence-corrected chi connectivity index (χ1v) is 7.86. The highest BCUT2D eigenvalue weighted by Gasteiger charge is 2.06. The maximum Gasteiger partial charge on any atom is 0.133 e. The summed E-state index contributed by atoms with van der Waals surface area (Å²) >= 11 is 6.10. The summed E-state index contributed by atoms with van der Waals surface area (Å²) in [6.07, 6.45) is 2.11. The van der Waals surface area contributed by atoms with Gasteiger partial charge in [-0.3, -0.25) is 0 Å². The highest BCUT2D eigenvalue weighted by atomic mass is 35.5. The van der Waals surface area contributed by atoms with E-state index in [0.29, 0.717) is 5.02 Å². The fourth-order valence-electron chi connectivity index (χ4n) is 2.13. The van der Waals surface area contributed by atoms with Gasteiger partial charge in [0.25, 0.3) is 0 Å². The highest BCUT2D eigenvalue weighted by molar-refractivity contribution is 6.30. The van der Waals surface area contributed by atoms with Crippen molar-refractivity contribution >= 4 is 11.6 Å². The number of rotatable bonds is 7. The van der Waals surface area contributed by atoms with Crippen molar-refractivity contribution in [2.24, 2.45) is 0 Å². The predicted molar refractivity (Wildman–Crippen MR) is 89.3 cm³/mol. The van der Waals surface area contributed by atoms with Crippen LogP contribution in [0.25, 0.3) is 0 Å². The van der Waals surface area contributed by atoms with E-state index in [-0.39, 0.29) is 0 Å². The number of ether oxygens (including phenoxy) is 1. The molecule has 0 heterocycles. The highest BCUT2D eigenvalue weighted by Crippen LogP contribution is 2.29. The van der Waals surface area contributed by atoms with Crippen molar-refractivity contribution in [1.29, 1.82) is 0 Å². The molecule has 0 aliphatic rings. The van der Waals surface area contributed by atoms with Crippen LogP contribution in [0.4, 0.5) is 0 Å². The van der Waals surface area contributed by atoms with E-state index < -0.39 is 0 Å². The minimum Gasteiger partial charge on any atom is -0.457 e. The van der Waals surface area contributed by atoms with Crippen LogP contribution in [-0.4, -0.2) is 6.54 Å². The zero-order valence-corrected chi connectivity index (χ0v) is 13.4. The van der Waals surface area contributed by atoms with Gasteiger partial charge in [-0.15, -0.1) is 0 Å². The topological polar surface area (TPSA) is 21.3 Å².